The Morgan fingerprint density at radius 2 is 1.94 bits per heavy atom. The summed E-state index contributed by atoms with van der Waals surface area (Å²) >= 11 is 0. The molecule has 0 aromatic heterocycles. The third-order valence-corrected chi connectivity index (χ3v) is 2.98. The van der Waals surface area contributed by atoms with Gasteiger partial charge in [-0.2, -0.15) is 13.2 Å². The Hall–Kier alpha value is -1.07. The molecule has 0 N–H and O–H groups in total. The smallest absolute Gasteiger partial charge is 0.341 e. The third-order valence-electron chi connectivity index (χ3n) is 2.98. The Balaban J connectivity index is 1.93. The molecule has 0 spiro atoms. The molecule has 0 bridgehead atoms. The van der Waals surface area contributed by atoms with Crippen molar-refractivity contribution in [2.75, 3.05) is 6.61 Å². The zero-order valence-corrected chi connectivity index (χ0v) is 10.0. The van der Waals surface area contributed by atoms with Gasteiger partial charge in [0.1, 0.15) is 6.10 Å². The highest BCUT2D eigenvalue weighted by Gasteiger charge is 2.74. The second kappa shape index (κ2) is 4.90. The Bertz CT molecular complexity index is 391. The number of hydrogen-bond acceptors (Lipinski definition) is 2. The standard InChI is InChI=1S/C13H15F3O2/c1-2-17-12(13(14,15)16)11(18-12)9-8-10-6-4-3-5-7-10/h3-7,11H,2,8-9H2,1H3/t11-,12+/m1/s1. The zero-order valence-electron chi connectivity index (χ0n) is 10.0. The molecule has 2 rings (SSSR count). The lowest BCUT2D eigenvalue weighted by molar-refractivity contribution is -0.270. The molecular formula is C13H15F3O2. The van der Waals surface area contributed by atoms with E-state index in [2.05, 4.69) is 0 Å². The Kier molecular flexibility index (Phi) is 3.64. The summed E-state index contributed by atoms with van der Waals surface area (Å²) in [5.41, 5.74) is 1.00. The van der Waals surface area contributed by atoms with Crippen molar-refractivity contribution < 1.29 is 22.6 Å². The largest absolute Gasteiger partial charge is 0.446 e. The van der Waals surface area contributed by atoms with Gasteiger partial charge in [-0.25, -0.2) is 0 Å². The van der Waals surface area contributed by atoms with Crippen molar-refractivity contribution in [3.05, 3.63) is 35.9 Å². The van der Waals surface area contributed by atoms with Gasteiger partial charge in [0, 0.05) is 6.61 Å². The number of hydrogen-bond donors (Lipinski definition) is 0. The van der Waals surface area contributed by atoms with Crippen LogP contribution >= 0.6 is 0 Å². The minimum Gasteiger partial charge on any atom is -0.341 e. The molecule has 100 valence electrons. The molecule has 1 aliphatic heterocycles. The molecule has 0 amide bonds. The van der Waals surface area contributed by atoms with Crippen LogP contribution in [0.3, 0.4) is 0 Å². The van der Waals surface area contributed by atoms with Crippen LogP contribution in [0.2, 0.25) is 0 Å². The summed E-state index contributed by atoms with van der Waals surface area (Å²) < 4.78 is 48.0. The first-order valence-corrected chi connectivity index (χ1v) is 5.92. The van der Waals surface area contributed by atoms with Crippen LogP contribution in [0.25, 0.3) is 0 Å². The van der Waals surface area contributed by atoms with Crippen molar-refractivity contribution in [1.82, 2.24) is 0 Å². The fourth-order valence-electron chi connectivity index (χ4n) is 2.04. The van der Waals surface area contributed by atoms with Gasteiger partial charge in [0.2, 0.25) is 0 Å². The highest BCUT2D eigenvalue weighted by atomic mass is 19.4. The predicted molar refractivity (Wildman–Crippen MR) is 60.0 cm³/mol. The van der Waals surface area contributed by atoms with Gasteiger partial charge in [0.05, 0.1) is 0 Å². The van der Waals surface area contributed by atoms with Crippen molar-refractivity contribution in [2.45, 2.75) is 37.8 Å². The Morgan fingerprint density at radius 1 is 1.28 bits per heavy atom. The molecule has 1 aromatic rings. The van der Waals surface area contributed by atoms with Crippen LogP contribution in [0, 0.1) is 0 Å². The van der Waals surface area contributed by atoms with E-state index in [-0.39, 0.29) is 6.61 Å². The Morgan fingerprint density at radius 3 is 2.50 bits per heavy atom. The zero-order chi connectivity index (χ0) is 13.2. The number of epoxide rings is 1. The van der Waals surface area contributed by atoms with Crippen molar-refractivity contribution >= 4 is 0 Å². The third kappa shape index (κ3) is 2.52. The summed E-state index contributed by atoms with van der Waals surface area (Å²) in [6, 6.07) is 9.37. The van der Waals surface area contributed by atoms with E-state index in [1.165, 1.54) is 6.92 Å². The van der Waals surface area contributed by atoms with Crippen LogP contribution in [0.4, 0.5) is 13.2 Å². The SMILES string of the molecule is CCO[C@]1(C(F)(F)F)O[C@@H]1CCc1ccccc1. The van der Waals surface area contributed by atoms with Gasteiger partial charge in [-0.1, -0.05) is 30.3 Å². The monoisotopic (exact) mass is 260 g/mol. The molecule has 1 aromatic carbocycles. The molecule has 0 aliphatic carbocycles. The topological polar surface area (TPSA) is 21.8 Å². The predicted octanol–water partition coefficient (Wildman–Crippen LogP) is 3.31. The number of alkyl halides is 3. The quantitative estimate of drug-likeness (QED) is 0.757. The lowest BCUT2D eigenvalue weighted by Crippen LogP contribution is -2.38. The van der Waals surface area contributed by atoms with Gasteiger partial charge in [0.25, 0.3) is 5.79 Å². The molecule has 1 saturated heterocycles. The summed E-state index contributed by atoms with van der Waals surface area (Å²) in [5, 5.41) is 0. The van der Waals surface area contributed by atoms with Crippen molar-refractivity contribution in [1.29, 1.82) is 0 Å². The molecule has 1 fully saturated rings. The summed E-state index contributed by atoms with van der Waals surface area (Å²) in [4.78, 5) is 0. The highest BCUT2D eigenvalue weighted by molar-refractivity contribution is 5.15. The normalized spacial score (nSPS) is 27.2. The number of rotatable bonds is 5. The van der Waals surface area contributed by atoms with Gasteiger partial charge >= 0.3 is 6.18 Å². The van der Waals surface area contributed by atoms with Crippen LogP contribution in [-0.2, 0) is 15.9 Å². The van der Waals surface area contributed by atoms with Crippen LogP contribution in [-0.4, -0.2) is 24.7 Å². The fraction of sp³-hybridized carbons (Fsp3) is 0.538. The minimum atomic E-state index is -4.47. The lowest BCUT2D eigenvalue weighted by Gasteiger charge is -2.16. The van der Waals surface area contributed by atoms with Gasteiger partial charge in [-0.3, -0.25) is 0 Å². The van der Waals surface area contributed by atoms with E-state index < -0.39 is 18.1 Å². The maximum atomic E-state index is 12.8. The van der Waals surface area contributed by atoms with Crippen LogP contribution in [0.15, 0.2) is 30.3 Å². The number of benzene rings is 1. The van der Waals surface area contributed by atoms with E-state index in [4.69, 9.17) is 9.47 Å². The molecular weight excluding hydrogens is 245 g/mol. The molecule has 0 radical (unpaired) electrons. The number of ether oxygens (including phenoxy) is 2. The molecule has 2 atom stereocenters. The fourth-order valence-corrected chi connectivity index (χ4v) is 2.04. The molecule has 2 nitrogen and oxygen atoms in total. The average Bonchev–Trinajstić information content (AvgIpc) is 3.03. The second-order valence-corrected chi connectivity index (χ2v) is 4.23. The molecule has 5 heteroatoms. The maximum absolute atomic E-state index is 12.8. The van der Waals surface area contributed by atoms with E-state index in [9.17, 15) is 13.2 Å². The molecule has 0 saturated carbocycles. The minimum absolute atomic E-state index is 0.0126. The van der Waals surface area contributed by atoms with Crippen molar-refractivity contribution in [2.24, 2.45) is 0 Å². The van der Waals surface area contributed by atoms with Crippen molar-refractivity contribution in [3.8, 4) is 0 Å². The van der Waals surface area contributed by atoms with Crippen LogP contribution in [0.5, 0.6) is 0 Å². The van der Waals surface area contributed by atoms with E-state index >= 15 is 0 Å². The first-order valence-electron chi connectivity index (χ1n) is 5.92. The summed E-state index contributed by atoms with van der Waals surface area (Å²) in [6.07, 6.45) is -4.50. The maximum Gasteiger partial charge on any atom is 0.446 e. The molecule has 1 aliphatic rings. The second-order valence-electron chi connectivity index (χ2n) is 4.23. The lowest BCUT2D eigenvalue weighted by atomic mass is 10.1. The molecule has 18 heavy (non-hydrogen) atoms. The highest BCUT2D eigenvalue weighted by Crippen LogP contribution is 2.52. The van der Waals surface area contributed by atoms with Crippen molar-refractivity contribution in [3.63, 3.8) is 0 Å². The Labute approximate surface area is 104 Å². The number of halogens is 3. The summed E-state index contributed by atoms with van der Waals surface area (Å²) in [5.74, 6) is -2.36. The van der Waals surface area contributed by atoms with Gasteiger partial charge in [-0.05, 0) is 25.3 Å². The molecule has 0 unspecified atom stereocenters. The van der Waals surface area contributed by atoms with Crippen LogP contribution < -0.4 is 0 Å². The molecule has 1 heterocycles. The van der Waals surface area contributed by atoms with E-state index in [0.29, 0.717) is 12.8 Å². The average molecular weight is 260 g/mol. The van der Waals surface area contributed by atoms with E-state index in [0.717, 1.165) is 5.56 Å². The van der Waals surface area contributed by atoms with Gasteiger partial charge < -0.3 is 9.47 Å². The first kappa shape index (κ1) is 13.4. The van der Waals surface area contributed by atoms with Crippen LogP contribution in [0.1, 0.15) is 18.9 Å². The first-order chi connectivity index (χ1) is 8.49. The van der Waals surface area contributed by atoms with Gasteiger partial charge in [0.15, 0.2) is 0 Å². The van der Waals surface area contributed by atoms with E-state index in [1.807, 2.05) is 30.3 Å². The number of aryl methyl sites for hydroxylation is 1. The van der Waals surface area contributed by atoms with E-state index in [1.54, 1.807) is 0 Å². The van der Waals surface area contributed by atoms with Gasteiger partial charge in [-0.15, -0.1) is 0 Å². The summed E-state index contributed by atoms with van der Waals surface area (Å²) in [6.45, 7) is 1.52. The summed E-state index contributed by atoms with van der Waals surface area (Å²) in [7, 11) is 0.